The Hall–Kier alpha value is -1.42. The van der Waals surface area contributed by atoms with Crippen LogP contribution in [0.3, 0.4) is 0 Å². The van der Waals surface area contributed by atoms with E-state index >= 15 is 0 Å². The van der Waals surface area contributed by atoms with Crippen LogP contribution in [0.2, 0.25) is 0 Å². The first kappa shape index (κ1) is 12.0. The zero-order valence-corrected chi connectivity index (χ0v) is 10.8. The summed E-state index contributed by atoms with van der Waals surface area (Å²) in [6.07, 6.45) is 0. The quantitative estimate of drug-likeness (QED) is 0.751. The zero-order valence-electron chi connectivity index (χ0n) is 10.0. The molecule has 0 saturated heterocycles. The SMILES string of the molecule is CC(C)(C)c1csc(=Nc2ccc(F)cc2)o1. The molecule has 1 aromatic heterocycles. The molecular formula is C13H14FNOS. The van der Waals surface area contributed by atoms with Gasteiger partial charge in [-0.25, -0.2) is 9.38 Å². The van der Waals surface area contributed by atoms with E-state index in [0.717, 1.165) is 5.76 Å². The second-order valence-corrected chi connectivity index (χ2v) is 5.63. The molecule has 1 heterocycles. The van der Waals surface area contributed by atoms with Crippen LogP contribution < -0.4 is 4.87 Å². The molecular weight excluding hydrogens is 237 g/mol. The highest BCUT2D eigenvalue weighted by Crippen LogP contribution is 2.22. The van der Waals surface area contributed by atoms with Gasteiger partial charge < -0.3 is 4.42 Å². The Balaban J connectivity index is 2.34. The van der Waals surface area contributed by atoms with Crippen molar-refractivity contribution in [1.82, 2.24) is 0 Å². The van der Waals surface area contributed by atoms with Crippen molar-refractivity contribution < 1.29 is 8.81 Å². The van der Waals surface area contributed by atoms with Crippen LogP contribution in [0.15, 0.2) is 39.1 Å². The Morgan fingerprint density at radius 3 is 2.35 bits per heavy atom. The predicted molar refractivity (Wildman–Crippen MR) is 66.9 cm³/mol. The molecule has 0 radical (unpaired) electrons. The van der Waals surface area contributed by atoms with Crippen molar-refractivity contribution >= 4 is 17.0 Å². The highest BCUT2D eigenvalue weighted by molar-refractivity contribution is 7.07. The molecule has 2 nitrogen and oxygen atoms in total. The van der Waals surface area contributed by atoms with Crippen LogP contribution in [0.25, 0.3) is 0 Å². The smallest absolute Gasteiger partial charge is 0.278 e. The molecule has 1 aromatic carbocycles. The van der Waals surface area contributed by atoms with Gasteiger partial charge in [0.1, 0.15) is 11.6 Å². The summed E-state index contributed by atoms with van der Waals surface area (Å²) in [6, 6.07) is 6.02. The molecule has 0 aliphatic carbocycles. The van der Waals surface area contributed by atoms with E-state index in [4.69, 9.17) is 4.42 Å². The number of hydrogen-bond acceptors (Lipinski definition) is 3. The molecule has 0 unspecified atom stereocenters. The van der Waals surface area contributed by atoms with Gasteiger partial charge in [-0.3, -0.25) is 0 Å². The maximum Gasteiger partial charge on any atom is 0.278 e. The molecule has 0 spiro atoms. The first-order valence-electron chi connectivity index (χ1n) is 5.34. The average Bonchev–Trinajstić information content (AvgIpc) is 2.69. The Kier molecular flexibility index (Phi) is 3.15. The van der Waals surface area contributed by atoms with Gasteiger partial charge in [-0.15, -0.1) is 0 Å². The number of halogens is 1. The van der Waals surface area contributed by atoms with Crippen LogP contribution in [-0.4, -0.2) is 0 Å². The van der Waals surface area contributed by atoms with Crippen LogP contribution >= 0.6 is 11.3 Å². The van der Waals surface area contributed by atoms with Crippen molar-refractivity contribution in [3.8, 4) is 0 Å². The van der Waals surface area contributed by atoms with Crippen LogP contribution in [0.4, 0.5) is 10.1 Å². The fraction of sp³-hybridized carbons (Fsp3) is 0.308. The predicted octanol–water partition coefficient (Wildman–Crippen LogP) is 4.01. The highest BCUT2D eigenvalue weighted by Gasteiger charge is 2.17. The van der Waals surface area contributed by atoms with Gasteiger partial charge in [-0.2, -0.15) is 0 Å². The van der Waals surface area contributed by atoms with Crippen molar-refractivity contribution in [2.75, 3.05) is 0 Å². The lowest BCUT2D eigenvalue weighted by Gasteiger charge is -2.12. The zero-order chi connectivity index (χ0) is 12.5. The summed E-state index contributed by atoms with van der Waals surface area (Å²) in [5, 5.41) is 1.96. The lowest BCUT2D eigenvalue weighted by atomic mass is 9.95. The Morgan fingerprint density at radius 2 is 1.82 bits per heavy atom. The molecule has 2 aromatic rings. The van der Waals surface area contributed by atoms with Gasteiger partial charge in [0.25, 0.3) is 4.87 Å². The molecule has 4 heteroatoms. The summed E-state index contributed by atoms with van der Waals surface area (Å²) in [5.41, 5.74) is 0.671. The molecule has 0 aliphatic rings. The Morgan fingerprint density at radius 1 is 1.18 bits per heavy atom. The summed E-state index contributed by atoms with van der Waals surface area (Å²) in [5.74, 6) is 0.644. The third kappa shape index (κ3) is 3.03. The van der Waals surface area contributed by atoms with Crippen molar-refractivity contribution in [2.45, 2.75) is 26.2 Å². The summed E-state index contributed by atoms with van der Waals surface area (Å²) < 4.78 is 18.4. The average molecular weight is 251 g/mol. The molecule has 0 saturated carbocycles. The molecule has 90 valence electrons. The van der Waals surface area contributed by atoms with E-state index in [9.17, 15) is 4.39 Å². The van der Waals surface area contributed by atoms with Crippen LogP contribution in [0, 0.1) is 5.82 Å². The van der Waals surface area contributed by atoms with Crippen LogP contribution in [-0.2, 0) is 5.41 Å². The van der Waals surface area contributed by atoms with Crippen molar-refractivity contribution in [3.63, 3.8) is 0 Å². The minimum atomic E-state index is -0.262. The van der Waals surface area contributed by atoms with E-state index in [-0.39, 0.29) is 11.2 Å². The van der Waals surface area contributed by atoms with E-state index in [1.54, 1.807) is 12.1 Å². The Labute approximate surface area is 103 Å². The highest BCUT2D eigenvalue weighted by atomic mass is 32.1. The van der Waals surface area contributed by atoms with Gasteiger partial charge in [-0.05, 0) is 24.3 Å². The summed E-state index contributed by atoms with van der Waals surface area (Å²) in [7, 11) is 0. The van der Waals surface area contributed by atoms with Gasteiger partial charge in [-0.1, -0.05) is 32.1 Å². The van der Waals surface area contributed by atoms with Crippen LogP contribution in [0.1, 0.15) is 26.5 Å². The first-order chi connectivity index (χ1) is 7.95. The van der Waals surface area contributed by atoms with Gasteiger partial charge in [0.2, 0.25) is 0 Å². The summed E-state index contributed by atoms with van der Waals surface area (Å²) >= 11 is 1.45. The maximum absolute atomic E-state index is 12.7. The van der Waals surface area contributed by atoms with Gasteiger partial charge in [0, 0.05) is 10.8 Å². The standard InChI is InChI=1S/C13H14FNOS/c1-13(2,3)11-8-17-12(16-11)15-10-6-4-9(14)5-7-10/h4-8H,1-3H3. The van der Waals surface area contributed by atoms with Gasteiger partial charge in [0.15, 0.2) is 0 Å². The topological polar surface area (TPSA) is 25.5 Å². The molecule has 0 atom stereocenters. The monoisotopic (exact) mass is 251 g/mol. The molecule has 0 fully saturated rings. The van der Waals surface area contributed by atoms with Crippen molar-refractivity contribution in [1.29, 1.82) is 0 Å². The number of hydrogen-bond donors (Lipinski definition) is 0. The lowest BCUT2D eigenvalue weighted by molar-refractivity contribution is 0.388. The van der Waals surface area contributed by atoms with E-state index in [1.807, 2.05) is 5.38 Å². The molecule has 2 rings (SSSR count). The first-order valence-corrected chi connectivity index (χ1v) is 6.22. The second kappa shape index (κ2) is 4.45. The maximum atomic E-state index is 12.7. The summed E-state index contributed by atoms with van der Waals surface area (Å²) in [6.45, 7) is 6.25. The Bertz CT molecular complexity index is 560. The number of rotatable bonds is 1. The largest absolute Gasteiger partial charge is 0.434 e. The van der Waals surface area contributed by atoms with Crippen molar-refractivity contribution in [2.24, 2.45) is 4.99 Å². The van der Waals surface area contributed by atoms with E-state index in [0.29, 0.717) is 10.6 Å². The molecule has 0 amide bonds. The van der Waals surface area contributed by atoms with E-state index in [1.165, 1.54) is 23.5 Å². The summed E-state index contributed by atoms with van der Waals surface area (Å²) in [4.78, 5) is 4.89. The molecule has 0 aliphatic heterocycles. The minimum Gasteiger partial charge on any atom is -0.434 e. The lowest BCUT2D eigenvalue weighted by Crippen LogP contribution is -2.10. The van der Waals surface area contributed by atoms with Crippen molar-refractivity contribution in [3.05, 3.63) is 46.1 Å². The molecule has 17 heavy (non-hydrogen) atoms. The molecule has 0 N–H and O–H groups in total. The van der Waals surface area contributed by atoms with Crippen LogP contribution in [0.5, 0.6) is 0 Å². The number of benzene rings is 1. The van der Waals surface area contributed by atoms with E-state index < -0.39 is 0 Å². The normalized spacial score (nSPS) is 13.1. The molecule has 0 bridgehead atoms. The van der Waals surface area contributed by atoms with E-state index in [2.05, 4.69) is 25.8 Å². The fourth-order valence-electron chi connectivity index (χ4n) is 1.25. The fourth-order valence-corrected chi connectivity index (χ4v) is 2.15. The van der Waals surface area contributed by atoms with Gasteiger partial charge >= 0.3 is 0 Å². The third-order valence-corrected chi connectivity index (χ3v) is 2.96. The number of nitrogens with zero attached hydrogens (tertiary/aromatic N) is 1. The third-order valence-electron chi connectivity index (χ3n) is 2.25. The minimum absolute atomic E-state index is 0.0208. The van der Waals surface area contributed by atoms with Gasteiger partial charge in [0.05, 0.1) is 5.69 Å². The second-order valence-electron chi connectivity index (χ2n) is 4.81.